The summed E-state index contributed by atoms with van der Waals surface area (Å²) in [5, 5.41) is 7.36. The van der Waals surface area contributed by atoms with E-state index in [1.807, 2.05) is 39.0 Å². The molecule has 0 aliphatic heterocycles. The molecule has 3 rings (SSSR count). The highest BCUT2D eigenvalue weighted by Gasteiger charge is 2.22. The summed E-state index contributed by atoms with van der Waals surface area (Å²) in [5.74, 6) is 1.59. The van der Waals surface area contributed by atoms with Gasteiger partial charge in [-0.3, -0.25) is 0 Å². The van der Waals surface area contributed by atoms with Gasteiger partial charge in [-0.05, 0) is 18.9 Å². The molecule has 0 saturated heterocycles. The van der Waals surface area contributed by atoms with Crippen LogP contribution in [-0.2, 0) is 9.84 Å². The van der Waals surface area contributed by atoms with E-state index in [0.29, 0.717) is 17.1 Å². The summed E-state index contributed by atoms with van der Waals surface area (Å²) < 4.78 is 36.7. The molecule has 9 nitrogen and oxygen atoms in total. The van der Waals surface area contributed by atoms with Crippen LogP contribution in [-0.4, -0.2) is 48.5 Å². The van der Waals surface area contributed by atoms with Crippen molar-refractivity contribution in [3.05, 3.63) is 35.5 Å². The molecule has 1 N–H and O–H groups in total. The molecule has 156 valence electrons. The molecule has 0 fully saturated rings. The molecule has 0 amide bonds. The van der Waals surface area contributed by atoms with Gasteiger partial charge in [-0.15, -0.1) is 0 Å². The standard InChI is InChI=1S/C19H25N5O4S/c1-11(2)14-10-20-24-17(14)22-19(29(6,25)26)23-18(24)21-12(3)13-8-7-9-15(27-4)16(13)28-5/h7-12H,1-6H3,(H,21,22,23)/t12-/m0/s1. The van der Waals surface area contributed by atoms with Gasteiger partial charge in [-0.1, -0.05) is 26.0 Å². The molecule has 1 atom stereocenters. The zero-order valence-electron chi connectivity index (χ0n) is 17.3. The normalized spacial score (nSPS) is 12.9. The maximum absolute atomic E-state index is 12.2. The number of benzene rings is 1. The summed E-state index contributed by atoms with van der Waals surface area (Å²) >= 11 is 0. The number of hydrogen-bond acceptors (Lipinski definition) is 8. The van der Waals surface area contributed by atoms with E-state index in [1.165, 1.54) is 4.52 Å². The second-order valence-electron chi connectivity index (χ2n) is 7.04. The van der Waals surface area contributed by atoms with Gasteiger partial charge in [0.1, 0.15) is 0 Å². The van der Waals surface area contributed by atoms with Crippen LogP contribution in [0.2, 0.25) is 0 Å². The molecule has 0 unspecified atom stereocenters. The fourth-order valence-electron chi connectivity index (χ4n) is 3.07. The number of nitrogens with one attached hydrogen (secondary N) is 1. The van der Waals surface area contributed by atoms with Crippen LogP contribution in [0.5, 0.6) is 11.5 Å². The Morgan fingerprint density at radius 1 is 1.07 bits per heavy atom. The van der Waals surface area contributed by atoms with Gasteiger partial charge in [0, 0.05) is 17.4 Å². The quantitative estimate of drug-likeness (QED) is 0.623. The SMILES string of the molecule is COc1cccc([C@H](C)Nc2nc(S(C)(=O)=O)nc3c(C(C)C)cnn23)c1OC. The molecule has 0 saturated carbocycles. The minimum Gasteiger partial charge on any atom is -0.493 e. The van der Waals surface area contributed by atoms with Crippen molar-refractivity contribution in [1.82, 2.24) is 19.6 Å². The molecular formula is C19H25N5O4S. The predicted octanol–water partition coefficient (Wildman–Crippen LogP) is 2.84. The van der Waals surface area contributed by atoms with Crippen LogP contribution in [0, 0.1) is 0 Å². The number of nitrogens with zero attached hydrogens (tertiary/aromatic N) is 4. The number of methoxy groups -OCH3 is 2. The number of sulfone groups is 1. The van der Waals surface area contributed by atoms with Crippen LogP contribution < -0.4 is 14.8 Å². The monoisotopic (exact) mass is 419 g/mol. The van der Waals surface area contributed by atoms with Crippen LogP contribution >= 0.6 is 0 Å². The molecular weight excluding hydrogens is 394 g/mol. The first-order chi connectivity index (χ1) is 13.7. The molecule has 3 aromatic rings. The van der Waals surface area contributed by atoms with Gasteiger partial charge in [0.25, 0.3) is 5.16 Å². The van der Waals surface area contributed by atoms with Crippen LogP contribution in [0.25, 0.3) is 5.65 Å². The zero-order chi connectivity index (χ0) is 21.3. The molecule has 29 heavy (non-hydrogen) atoms. The minimum atomic E-state index is -3.61. The lowest BCUT2D eigenvalue weighted by Gasteiger charge is -2.20. The van der Waals surface area contributed by atoms with Crippen molar-refractivity contribution in [3.8, 4) is 11.5 Å². The first-order valence-corrected chi connectivity index (χ1v) is 11.0. The summed E-state index contributed by atoms with van der Waals surface area (Å²) in [6.07, 6.45) is 2.77. The lowest BCUT2D eigenvalue weighted by molar-refractivity contribution is 0.350. The largest absolute Gasteiger partial charge is 0.493 e. The molecule has 0 aliphatic rings. The number of hydrogen-bond donors (Lipinski definition) is 1. The molecule has 10 heteroatoms. The summed E-state index contributed by atoms with van der Waals surface area (Å²) in [4.78, 5) is 8.47. The molecule has 0 radical (unpaired) electrons. The topological polar surface area (TPSA) is 108 Å². The lowest BCUT2D eigenvalue weighted by Crippen LogP contribution is -2.16. The fraction of sp³-hybridized carbons (Fsp3) is 0.421. The Labute approximate surface area is 170 Å². The summed E-state index contributed by atoms with van der Waals surface area (Å²) in [5.41, 5.74) is 2.13. The van der Waals surface area contributed by atoms with Gasteiger partial charge in [0.15, 0.2) is 17.1 Å². The lowest BCUT2D eigenvalue weighted by atomic mass is 10.1. The Kier molecular flexibility index (Phi) is 5.65. The summed E-state index contributed by atoms with van der Waals surface area (Å²) in [6, 6.07) is 5.29. The van der Waals surface area contributed by atoms with Gasteiger partial charge < -0.3 is 14.8 Å². The third-order valence-corrected chi connectivity index (χ3v) is 5.42. The van der Waals surface area contributed by atoms with Crippen molar-refractivity contribution >= 4 is 21.4 Å². The number of rotatable bonds is 7. The number of para-hydroxylation sites is 1. The van der Waals surface area contributed by atoms with Gasteiger partial charge in [-0.2, -0.15) is 19.6 Å². The number of fused-ring (bicyclic) bond motifs is 1. The maximum Gasteiger partial charge on any atom is 0.252 e. The Bertz CT molecular complexity index is 1140. The molecule has 0 spiro atoms. The number of aromatic nitrogens is 4. The molecule has 2 aromatic heterocycles. The van der Waals surface area contributed by atoms with E-state index in [0.717, 1.165) is 17.4 Å². The number of ether oxygens (including phenoxy) is 2. The second-order valence-corrected chi connectivity index (χ2v) is 8.95. The first-order valence-electron chi connectivity index (χ1n) is 9.10. The highest BCUT2D eigenvalue weighted by molar-refractivity contribution is 7.90. The number of anilines is 1. The van der Waals surface area contributed by atoms with Crippen molar-refractivity contribution in [2.45, 2.75) is 37.9 Å². The highest BCUT2D eigenvalue weighted by Crippen LogP contribution is 2.35. The Morgan fingerprint density at radius 2 is 1.79 bits per heavy atom. The average molecular weight is 420 g/mol. The van der Waals surface area contributed by atoms with E-state index in [9.17, 15) is 8.42 Å². The Hall–Kier alpha value is -2.88. The third-order valence-electron chi connectivity index (χ3n) is 4.57. The van der Waals surface area contributed by atoms with Crippen molar-refractivity contribution < 1.29 is 17.9 Å². The van der Waals surface area contributed by atoms with Crippen LogP contribution in [0.3, 0.4) is 0 Å². The van der Waals surface area contributed by atoms with Gasteiger partial charge in [0.05, 0.1) is 26.5 Å². The van der Waals surface area contributed by atoms with Crippen molar-refractivity contribution in [3.63, 3.8) is 0 Å². The van der Waals surface area contributed by atoms with Crippen LogP contribution in [0.1, 0.15) is 43.9 Å². The van der Waals surface area contributed by atoms with E-state index in [4.69, 9.17) is 9.47 Å². The molecule has 2 heterocycles. The smallest absolute Gasteiger partial charge is 0.252 e. The fourth-order valence-corrected chi connectivity index (χ4v) is 3.57. The van der Waals surface area contributed by atoms with Crippen LogP contribution in [0.15, 0.2) is 29.6 Å². The van der Waals surface area contributed by atoms with Crippen molar-refractivity contribution in [2.75, 3.05) is 25.8 Å². The first kappa shape index (κ1) is 20.8. The van der Waals surface area contributed by atoms with E-state index >= 15 is 0 Å². The van der Waals surface area contributed by atoms with E-state index in [-0.39, 0.29) is 23.1 Å². The van der Waals surface area contributed by atoms with Gasteiger partial charge in [-0.25, -0.2) is 8.42 Å². The van der Waals surface area contributed by atoms with Gasteiger partial charge >= 0.3 is 0 Å². The van der Waals surface area contributed by atoms with Crippen molar-refractivity contribution in [2.24, 2.45) is 0 Å². The molecule has 0 bridgehead atoms. The third kappa shape index (κ3) is 3.98. The average Bonchev–Trinajstić information content (AvgIpc) is 3.11. The zero-order valence-corrected chi connectivity index (χ0v) is 18.1. The Balaban J connectivity index is 2.13. The van der Waals surface area contributed by atoms with E-state index in [1.54, 1.807) is 20.4 Å². The Morgan fingerprint density at radius 3 is 2.38 bits per heavy atom. The van der Waals surface area contributed by atoms with Crippen molar-refractivity contribution in [1.29, 1.82) is 0 Å². The van der Waals surface area contributed by atoms with Crippen LogP contribution in [0.4, 0.5) is 5.95 Å². The predicted molar refractivity (Wildman–Crippen MR) is 110 cm³/mol. The minimum absolute atomic E-state index is 0.124. The maximum atomic E-state index is 12.2. The summed E-state index contributed by atoms with van der Waals surface area (Å²) in [7, 11) is -0.466. The van der Waals surface area contributed by atoms with E-state index in [2.05, 4.69) is 20.4 Å². The van der Waals surface area contributed by atoms with E-state index < -0.39 is 9.84 Å². The highest BCUT2D eigenvalue weighted by atomic mass is 32.2. The molecule has 1 aromatic carbocycles. The van der Waals surface area contributed by atoms with Gasteiger partial charge in [0.2, 0.25) is 15.8 Å². The second kappa shape index (κ2) is 7.86. The molecule has 0 aliphatic carbocycles. The summed E-state index contributed by atoms with van der Waals surface area (Å²) in [6.45, 7) is 5.91.